The zero-order chi connectivity index (χ0) is 22.8. The van der Waals surface area contributed by atoms with Crippen LogP contribution in [0.4, 0.5) is 9.18 Å². The van der Waals surface area contributed by atoms with Gasteiger partial charge >= 0.3 is 12.1 Å². The van der Waals surface area contributed by atoms with E-state index in [0.717, 1.165) is 11.1 Å². The Kier molecular flexibility index (Phi) is 6.16. The number of hydrogen-bond acceptors (Lipinski definition) is 6. The molecule has 0 aromatic heterocycles. The van der Waals surface area contributed by atoms with E-state index < -0.39 is 29.5 Å². The van der Waals surface area contributed by atoms with Crippen molar-refractivity contribution >= 4 is 12.1 Å². The average Bonchev–Trinajstić information content (AvgIpc) is 2.71. The number of esters is 1. The minimum atomic E-state index is -1.14. The number of carbonyl (C=O) groups is 2. The predicted molar refractivity (Wildman–Crippen MR) is 110 cm³/mol. The molecular formula is C23H23FN2O5. The summed E-state index contributed by atoms with van der Waals surface area (Å²) in [5.74, 6) is -0.827. The Hall–Kier alpha value is -3.60. The maximum Gasteiger partial charge on any atom is 0.408 e. The molecular weight excluding hydrogens is 403 g/mol. The molecule has 2 aromatic carbocycles. The molecule has 0 unspecified atom stereocenters. The number of fused-ring (bicyclic) bond motifs is 3. The van der Waals surface area contributed by atoms with Crippen molar-refractivity contribution in [2.45, 2.75) is 45.4 Å². The third-order valence-electron chi connectivity index (χ3n) is 4.66. The molecule has 1 heterocycles. The summed E-state index contributed by atoms with van der Waals surface area (Å²) in [5, 5.41) is 11.5. The molecule has 0 fully saturated rings. The van der Waals surface area contributed by atoms with Crippen molar-refractivity contribution in [3.8, 4) is 22.9 Å². The van der Waals surface area contributed by atoms with E-state index in [4.69, 9.17) is 19.5 Å². The second-order valence-corrected chi connectivity index (χ2v) is 8.14. The van der Waals surface area contributed by atoms with Crippen molar-refractivity contribution in [1.29, 1.82) is 5.26 Å². The molecule has 1 atom stereocenters. The molecule has 162 valence electrons. The quantitative estimate of drug-likeness (QED) is 0.746. The van der Waals surface area contributed by atoms with E-state index in [9.17, 15) is 14.0 Å². The zero-order valence-electron chi connectivity index (χ0n) is 17.7. The monoisotopic (exact) mass is 426 g/mol. The second-order valence-electron chi connectivity index (χ2n) is 8.14. The lowest BCUT2D eigenvalue weighted by atomic mass is 9.93. The summed E-state index contributed by atoms with van der Waals surface area (Å²) in [5.41, 5.74) is 2.05. The fourth-order valence-corrected chi connectivity index (χ4v) is 3.29. The van der Waals surface area contributed by atoms with E-state index in [-0.39, 0.29) is 18.6 Å². The largest absolute Gasteiger partial charge is 0.488 e. The summed E-state index contributed by atoms with van der Waals surface area (Å²) in [6.07, 6.45) is -0.950. The van der Waals surface area contributed by atoms with E-state index in [1.807, 2.05) is 0 Å². The molecule has 0 spiro atoms. The first kappa shape index (κ1) is 22.1. The second kappa shape index (κ2) is 8.64. The van der Waals surface area contributed by atoms with Crippen LogP contribution in [0.15, 0.2) is 30.3 Å². The van der Waals surface area contributed by atoms with Crippen molar-refractivity contribution < 1.29 is 28.2 Å². The number of amides is 1. The van der Waals surface area contributed by atoms with Crippen LogP contribution in [-0.4, -0.2) is 30.8 Å². The predicted octanol–water partition coefficient (Wildman–Crippen LogP) is 3.87. The number of carbonyl (C=O) groups excluding carboxylic acids is 2. The number of benzene rings is 2. The van der Waals surface area contributed by atoms with Crippen LogP contribution >= 0.6 is 0 Å². The molecule has 3 rings (SSSR count). The fraction of sp³-hybridized carbons (Fsp3) is 0.348. The average molecular weight is 426 g/mol. The normalized spacial score (nSPS) is 13.0. The smallest absolute Gasteiger partial charge is 0.408 e. The van der Waals surface area contributed by atoms with Crippen LogP contribution in [-0.2, 0) is 27.3 Å². The van der Waals surface area contributed by atoms with Gasteiger partial charge in [0.25, 0.3) is 0 Å². The zero-order valence-corrected chi connectivity index (χ0v) is 17.7. The molecule has 0 aliphatic carbocycles. The first-order valence-corrected chi connectivity index (χ1v) is 9.67. The van der Waals surface area contributed by atoms with Gasteiger partial charge in [-0.3, -0.25) is 0 Å². The Labute approximate surface area is 179 Å². The SMILES string of the molecule is COC(=O)[C@H](Cc1cc2c(cc1F)-c1ccc(C#N)cc1CO2)NC(=O)OC(C)(C)C. The molecule has 0 radical (unpaired) electrons. The topological polar surface area (TPSA) is 97.7 Å². The van der Waals surface area contributed by atoms with Crippen LogP contribution in [0.5, 0.6) is 5.75 Å². The summed E-state index contributed by atoms with van der Waals surface area (Å²) in [6.45, 7) is 5.31. The van der Waals surface area contributed by atoms with Crippen molar-refractivity contribution in [3.63, 3.8) is 0 Å². The van der Waals surface area contributed by atoms with Crippen molar-refractivity contribution in [1.82, 2.24) is 5.32 Å². The molecule has 1 aliphatic rings. The molecule has 0 saturated carbocycles. The molecule has 0 saturated heterocycles. The maximum absolute atomic E-state index is 14.9. The highest BCUT2D eigenvalue weighted by Gasteiger charge is 2.28. The summed E-state index contributed by atoms with van der Waals surface area (Å²) < 4.78 is 30.6. The molecule has 2 aromatic rings. The van der Waals surface area contributed by atoms with Gasteiger partial charge in [0.05, 0.1) is 18.7 Å². The number of alkyl carbamates (subject to hydrolysis) is 1. The lowest BCUT2D eigenvalue weighted by Gasteiger charge is -2.24. The van der Waals surface area contributed by atoms with E-state index in [0.29, 0.717) is 16.9 Å². The fourth-order valence-electron chi connectivity index (χ4n) is 3.29. The van der Waals surface area contributed by atoms with Gasteiger partial charge in [-0.1, -0.05) is 6.07 Å². The number of nitrogens with one attached hydrogen (secondary N) is 1. The molecule has 1 amide bonds. The highest BCUT2D eigenvalue weighted by Crippen LogP contribution is 2.39. The minimum Gasteiger partial charge on any atom is -0.488 e. The van der Waals surface area contributed by atoms with Crippen molar-refractivity contribution in [3.05, 3.63) is 52.8 Å². The summed E-state index contributed by atoms with van der Waals surface area (Å²) >= 11 is 0. The number of rotatable bonds is 4. The summed E-state index contributed by atoms with van der Waals surface area (Å²) in [4.78, 5) is 24.3. The van der Waals surface area contributed by atoms with E-state index in [1.165, 1.54) is 19.2 Å². The number of halogens is 1. The summed E-state index contributed by atoms with van der Waals surface area (Å²) in [7, 11) is 1.19. The van der Waals surface area contributed by atoms with Gasteiger partial charge in [-0.2, -0.15) is 5.26 Å². The van der Waals surface area contributed by atoms with Gasteiger partial charge in [0.2, 0.25) is 0 Å². The molecule has 1 N–H and O–H groups in total. The van der Waals surface area contributed by atoms with Crippen molar-refractivity contribution in [2.75, 3.05) is 7.11 Å². The van der Waals surface area contributed by atoms with Crippen LogP contribution in [0.2, 0.25) is 0 Å². The van der Waals surface area contributed by atoms with Crippen LogP contribution in [0.25, 0.3) is 11.1 Å². The van der Waals surface area contributed by atoms with E-state index >= 15 is 0 Å². The highest BCUT2D eigenvalue weighted by atomic mass is 19.1. The van der Waals surface area contributed by atoms with Gasteiger partial charge in [0.1, 0.15) is 29.8 Å². The lowest BCUT2D eigenvalue weighted by molar-refractivity contribution is -0.143. The van der Waals surface area contributed by atoms with Crippen LogP contribution in [0.3, 0.4) is 0 Å². The van der Waals surface area contributed by atoms with Crippen LogP contribution < -0.4 is 10.1 Å². The van der Waals surface area contributed by atoms with E-state index in [2.05, 4.69) is 11.4 Å². The first-order valence-electron chi connectivity index (χ1n) is 9.67. The Balaban J connectivity index is 1.88. The number of hydrogen-bond donors (Lipinski definition) is 1. The Bertz CT molecular complexity index is 1070. The molecule has 1 aliphatic heterocycles. The van der Waals surface area contributed by atoms with Crippen LogP contribution in [0.1, 0.15) is 37.5 Å². The van der Waals surface area contributed by atoms with Gasteiger partial charge in [0.15, 0.2) is 0 Å². The van der Waals surface area contributed by atoms with Crippen LogP contribution in [0, 0.1) is 17.1 Å². The maximum atomic E-state index is 14.9. The Morgan fingerprint density at radius 3 is 2.65 bits per heavy atom. The summed E-state index contributed by atoms with van der Waals surface area (Å²) in [6, 6.07) is 8.91. The van der Waals surface area contributed by atoms with Gasteiger partial charge in [-0.05, 0) is 61.7 Å². The highest BCUT2D eigenvalue weighted by molar-refractivity contribution is 5.82. The van der Waals surface area contributed by atoms with Gasteiger partial charge < -0.3 is 19.5 Å². The standard InChI is InChI=1S/C23H23FN2O5/c1-23(2,3)31-22(28)26-19(21(27)29-4)8-14-9-20-17(10-18(14)24)16-6-5-13(11-25)7-15(16)12-30-20/h5-7,9-10,19H,8,12H2,1-4H3,(H,26,28)/t19-/m0/s1. The number of ether oxygens (including phenoxy) is 3. The third kappa shape index (κ3) is 5.12. The lowest BCUT2D eigenvalue weighted by Crippen LogP contribution is -2.45. The number of nitrogens with zero attached hydrogens (tertiary/aromatic N) is 1. The Morgan fingerprint density at radius 1 is 1.26 bits per heavy atom. The van der Waals surface area contributed by atoms with Gasteiger partial charge in [-0.15, -0.1) is 0 Å². The minimum absolute atomic E-state index is 0.144. The van der Waals surface area contributed by atoms with Gasteiger partial charge in [-0.25, -0.2) is 14.0 Å². The first-order chi connectivity index (χ1) is 14.6. The molecule has 31 heavy (non-hydrogen) atoms. The molecule has 8 heteroatoms. The number of methoxy groups -OCH3 is 1. The molecule has 7 nitrogen and oxygen atoms in total. The Morgan fingerprint density at radius 2 is 2.00 bits per heavy atom. The molecule has 0 bridgehead atoms. The van der Waals surface area contributed by atoms with Crippen molar-refractivity contribution in [2.24, 2.45) is 0 Å². The van der Waals surface area contributed by atoms with Gasteiger partial charge in [0, 0.05) is 12.0 Å². The van der Waals surface area contributed by atoms with E-state index in [1.54, 1.807) is 39.0 Å². The number of nitriles is 1. The third-order valence-corrected chi connectivity index (χ3v) is 4.66.